The van der Waals surface area contributed by atoms with Crippen LogP contribution in [0.5, 0.6) is 0 Å². The van der Waals surface area contributed by atoms with E-state index in [9.17, 15) is 0 Å². The van der Waals surface area contributed by atoms with Crippen LogP contribution in [0.4, 0.5) is 0 Å². The highest BCUT2D eigenvalue weighted by Gasteiger charge is 2.10. The number of thioether (sulfide) groups is 1. The van der Waals surface area contributed by atoms with Crippen LogP contribution in [0.1, 0.15) is 36.1 Å². The van der Waals surface area contributed by atoms with Crippen LogP contribution in [0.3, 0.4) is 0 Å². The van der Waals surface area contributed by atoms with E-state index in [1.165, 1.54) is 22.4 Å². The van der Waals surface area contributed by atoms with E-state index in [0.717, 1.165) is 25.3 Å². The van der Waals surface area contributed by atoms with Crippen LogP contribution in [0, 0.1) is 13.8 Å². The summed E-state index contributed by atoms with van der Waals surface area (Å²) in [5, 5.41) is 3.58. The van der Waals surface area contributed by atoms with Crippen molar-refractivity contribution in [2.75, 3.05) is 31.8 Å². The summed E-state index contributed by atoms with van der Waals surface area (Å²) >= 11 is 2.00. The van der Waals surface area contributed by atoms with Gasteiger partial charge in [-0.3, -0.25) is 0 Å². The molecule has 0 saturated heterocycles. The van der Waals surface area contributed by atoms with Gasteiger partial charge in [-0.05, 0) is 49.3 Å². The third kappa shape index (κ3) is 5.98. The number of hydrogen-bond acceptors (Lipinski definition) is 3. The Morgan fingerprint density at radius 1 is 1.26 bits per heavy atom. The normalized spacial score (nSPS) is 12.6. The van der Waals surface area contributed by atoms with Crippen molar-refractivity contribution < 1.29 is 4.74 Å². The molecular formula is C16H27NOS. The Balaban J connectivity index is 2.53. The van der Waals surface area contributed by atoms with Crippen LogP contribution < -0.4 is 5.32 Å². The molecule has 0 radical (unpaired) electrons. The molecule has 0 aliphatic heterocycles. The summed E-state index contributed by atoms with van der Waals surface area (Å²) in [7, 11) is 1.77. The summed E-state index contributed by atoms with van der Waals surface area (Å²) in [6.45, 7) is 8.40. The highest BCUT2D eigenvalue weighted by atomic mass is 32.2. The second kappa shape index (κ2) is 9.40. The van der Waals surface area contributed by atoms with E-state index >= 15 is 0 Å². The first-order valence-electron chi connectivity index (χ1n) is 7.06. The second-order valence-corrected chi connectivity index (χ2v) is 6.03. The summed E-state index contributed by atoms with van der Waals surface area (Å²) in [6, 6.07) is 7.26. The molecule has 1 rings (SSSR count). The molecule has 0 aliphatic carbocycles. The summed E-state index contributed by atoms with van der Waals surface area (Å²) in [5.74, 6) is 2.29. The molecule has 0 bridgehead atoms. The Labute approximate surface area is 122 Å². The van der Waals surface area contributed by atoms with Crippen LogP contribution in [0.25, 0.3) is 0 Å². The van der Waals surface area contributed by atoms with E-state index < -0.39 is 0 Å². The number of methoxy groups -OCH3 is 1. The van der Waals surface area contributed by atoms with Gasteiger partial charge < -0.3 is 10.1 Å². The van der Waals surface area contributed by atoms with Gasteiger partial charge in [0.15, 0.2) is 0 Å². The topological polar surface area (TPSA) is 21.3 Å². The SMILES string of the molecule is CCNC(CSCCCOC)c1ccc(C)c(C)c1. The van der Waals surface area contributed by atoms with Crippen LogP contribution >= 0.6 is 11.8 Å². The first-order valence-corrected chi connectivity index (χ1v) is 8.21. The van der Waals surface area contributed by atoms with Gasteiger partial charge >= 0.3 is 0 Å². The fraction of sp³-hybridized carbons (Fsp3) is 0.625. The first kappa shape index (κ1) is 16.5. The zero-order valence-electron chi connectivity index (χ0n) is 12.7. The molecule has 1 aromatic rings. The van der Waals surface area contributed by atoms with Gasteiger partial charge in [0.1, 0.15) is 0 Å². The van der Waals surface area contributed by atoms with Gasteiger partial charge in [-0.15, -0.1) is 0 Å². The highest BCUT2D eigenvalue weighted by molar-refractivity contribution is 7.99. The predicted molar refractivity (Wildman–Crippen MR) is 86.2 cm³/mol. The molecule has 0 spiro atoms. The Hall–Kier alpha value is -0.510. The molecule has 0 aliphatic rings. The zero-order chi connectivity index (χ0) is 14.1. The first-order chi connectivity index (χ1) is 9.19. The molecule has 1 unspecified atom stereocenters. The molecule has 1 atom stereocenters. The number of aryl methyl sites for hydroxylation is 2. The predicted octanol–water partition coefficient (Wildman–Crippen LogP) is 3.72. The van der Waals surface area contributed by atoms with Crippen LogP contribution in [0.2, 0.25) is 0 Å². The second-order valence-electron chi connectivity index (χ2n) is 4.88. The van der Waals surface area contributed by atoms with E-state index in [0.29, 0.717) is 6.04 Å². The maximum atomic E-state index is 5.08. The molecule has 19 heavy (non-hydrogen) atoms. The maximum Gasteiger partial charge on any atom is 0.0470 e. The van der Waals surface area contributed by atoms with E-state index in [2.05, 4.69) is 44.3 Å². The van der Waals surface area contributed by atoms with Gasteiger partial charge in [0.05, 0.1) is 0 Å². The summed E-state index contributed by atoms with van der Waals surface area (Å²) in [4.78, 5) is 0. The van der Waals surface area contributed by atoms with E-state index in [-0.39, 0.29) is 0 Å². The van der Waals surface area contributed by atoms with Crippen molar-refractivity contribution in [3.8, 4) is 0 Å². The molecule has 2 nitrogen and oxygen atoms in total. The molecule has 0 saturated carbocycles. The molecule has 0 aromatic heterocycles. The lowest BCUT2D eigenvalue weighted by Crippen LogP contribution is -2.23. The fourth-order valence-corrected chi connectivity index (χ4v) is 3.04. The van der Waals surface area contributed by atoms with Crippen molar-refractivity contribution in [1.29, 1.82) is 0 Å². The average Bonchev–Trinajstić information content (AvgIpc) is 2.40. The van der Waals surface area contributed by atoms with Crippen LogP contribution in [0.15, 0.2) is 18.2 Å². The third-order valence-corrected chi connectivity index (χ3v) is 4.45. The minimum Gasteiger partial charge on any atom is -0.385 e. The van der Waals surface area contributed by atoms with Gasteiger partial charge in [-0.1, -0.05) is 25.1 Å². The fourth-order valence-electron chi connectivity index (χ4n) is 2.01. The molecule has 3 heteroatoms. The smallest absolute Gasteiger partial charge is 0.0470 e. The molecule has 0 amide bonds. The minimum atomic E-state index is 0.455. The van der Waals surface area contributed by atoms with Crippen molar-refractivity contribution in [2.24, 2.45) is 0 Å². The van der Waals surface area contributed by atoms with Gasteiger partial charge in [-0.2, -0.15) is 11.8 Å². The minimum absolute atomic E-state index is 0.455. The Kier molecular flexibility index (Phi) is 8.19. The molecular weight excluding hydrogens is 254 g/mol. The van der Waals surface area contributed by atoms with Crippen molar-refractivity contribution in [3.63, 3.8) is 0 Å². The summed E-state index contributed by atoms with van der Waals surface area (Å²) in [5.41, 5.74) is 4.15. The number of benzene rings is 1. The summed E-state index contributed by atoms with van der Waals surface area (Å²) in [6.07, 6.45) is 1.13. The Morgan fingerprint density at radius 2 is 2.05 bits per heavy atom. The molecule has 0 fully saturated rings. The third-order valence-electron chi connectivity index (χ3n) is 3.31. The van der Waals surface area contributed by atoms with Crippen LogP contribution in [-0.4, -0.2) is 31.8 Å². The lowest BCUT2D eigenvalue weighted by atomic mass is 10.0. The van der Waals surface area contributed by atoms with Crippen molar-refractivity contribution in [1.82, 2.24) is 5.32 Å². The van der Waals surface area contributed by atoms with Crippen molar-refractivity contribution >= 4 is 11.8 Å². The lowest BCUT2D eigenvalue weighted by molar-refractivity contribution is 0.200. The molecule has 0 heterocycles. The van der Waals surface area contributed by atoms with E-state index in [1.54, 1.807) is 7.11 Å². The largest absolute Gasteiger partial charge is 0.385 e. The van der Waals surface area contributed by atoms with E-state index in [1.807, 2.05) is 11.8 Å². The summed E-state index contributed by atoms with van der Waals surface area (Å²) < 4.78 is 5.08. The maximum absolute atomic E-state index is 5.08. The molecule has 1 N–H and O–H groups in total. The van der Waals surface area contributed by atoms with Gasteiger partial charge in [0, 0.05) is 25.5 Å². The molecule has 108 valence electrons. The highest BCUT2D eigenvalue weighted by Crippen LogP contribution is 2.21. The van der Waals surface area contributed by atoms with Gasteiger partial charge in [0.25, 0.3) is 0 Å². The number of rotatable bonds is 9. The van der Waals surface area contributed by atoms with Crippen LogP contribution in [-0.2, 0) is 4.74 Å². The molecule has 1 aromatic carbocycles. The van der Waals surface area contributed by atoms with E-state index in [4.69, 9.17) is 4.74 Å². The van der Waals surface area contributed by atoms with Crippen molar-refractivity contribution in [3.05, 3.63) is 34.9 Å². The van der Waals surface area contributed by atoms with Crippen molar-refractivity contribution in [2.45, 2.75) is 33.2 Å². The standard InChI is InChI=1S/C16H27NOS/c1-5-17-16(12-19-10-6-9-18-4)15-8-7-13(2)14(3)11-15/h7-8,11,16-17H,5-6,9-10,12H2,1-4H3. The monoisotopic (exact) mass is 281 g/mol. The average molecular weight is 281 g/mol. The number of ether oxygens (including phenoxy) is 1. The number of hydrogen-bond donors (Lipinski definition) is 1. The van der Waals surface area contributed by atoms with Gasteiger partial charge in [0.2, 0.25) is 0 Å². The Morgan fingerprint density at radius 3 is 2.68 bits per heavy atom. The zero-order valence-corrected chi connectivity index (χ0v) is 13.5. The Bertz CT molecular complexity index is 368. The number of nitrogens with one attached hydrogen (secondary N) is 1. The van der Waals surface area contributed by atoms with Gasteiger partial charge in [-0.25, -0.2) is 0 Å². The lowest BCUT2D eigenvalue weighted by Gasteiger charge is -2.19. The quantitative estimate of drug-likeness (QED) is 0.697.